The zero-order valence-electron chi connectivity index (χ0n) is 15.5. The lowest BCUT2D eigenvalue weighted by atomic mass is 9.92. The monoisotopic (exact) mass is 334 g/mol. The molecule has 1 saturated heterocycles. The molecular formula is C21H26N4. The molecule has 0 bridgehead atoms. The lowest BCUT2D eigenvalue weighted by molar-refractivity contribution is 0.354. The molecule has 0 radical (unpaired) electrons. The van der Waals surface area contributed by atoms with Gasteiger partial charge >= 0.3 is 0 Å². The maximum atomic E-state index is 4.89. The van der Waals surface area contributed by atoms with E-state index in [0.717, 1.165) is 35.7 Å². The van der Waals surface area contributed by atoms with E-state index in [0.29, 0.717) is 11.8 Å². The highest BCUT2D eigenvalue weighted by atomic mass is 15.4. The highest BCUT2D eigenvalue weighted by molar-refractivity contribution is 5.66. The predicted octanol–water partition coefficient (Wildman–Crippen LogP) is 4.50. The molecular weight excluding hydrogens is 308 g/mol. The molecule has 0 N–H and O–H groups in total. The summed E-state index contributed by atoms with van der Waals surface area (Å²) in [6, 6.07) is 12.8. The molecule has 2 aromatic heterocycles. The smallest absolute Gasteiger partial charge is 0.158 e. The third-order valence-corrected chi connectivity index (χ3v) is 5.08. The Balaban J connectivity index is 1.80. The second-order valence-electron chi connectivity index (χ2n) is 7.77. The fourth-order valence-electron chi connectivity index (χ4n) is 4.02. The molecule has 0 unspecified atom stereocenters. The Morgan fingerprint density at radius 2 is 1.64 bits per heavy atom. The van der Waals surface area contributed by atoms with Gasteiger partial charge in [-0.25, -0.2) is 4.98 Å². The van der Waals surface area contributed by atoms with Crippen LogP contribution in [0.2, 0.25) is 0 Å². The van der Waals surface area contributed by atoms with Gasteiger partial charge in [-0.3, -0.25) is 0 Å². The fraction of sp³-hybridized carbons (Fsp3) is 0.429. The number of hydrogen-bond donors (Lipinski definition) is 0. The second-order valence-corrected chi connectivity index (χ2v) is 7.77. The van der Waals surface area contributed by atoms with Gasteiger partial charge in [0.25, 0.3) is 0 Å². The number of hydrogen-bond acceptors (Lipinski definition) is 3. The minimum absolute atomic E-state index is 0.708. The minimum Gasteiger partial charge on any atom is -0.356 e. The van der Waals surface area contributed by atoms with E-state index in [-0.39, 0.29) is 0 Å². The summed E-state index contributed by atoms with van der Waals surface area (Å²) in [5.41, 5.74) is 5.36. The third kappa shape index (κ3) is 3.13. The van der Waals surface area contributed by atoms with Gasteiger partial charge < -0.3 is 4.90 Å². The SMILES string of the molecule is Cc1ccc(-c2cc3nc(C)cc(N4C[C@H](C)C[C@H](C)C4)n3n2)cc1. The van der Waals surface area contributed by atoms with Gasteiger partial charge in [0.2, 0.25) is 0 Å². The van der Waals surface area contributed by atoms with Gasteiger partial charge in [-0.1, -0.05) is 43.7 Å². The van der Waals surface area contributed by atoms with E-state index in [1.165, 1.54) is 17.8 Å². The van der Waals surface area contributed by atoms with Crippen molar-refractivity contribution in [3.05, 3.63) is 47.7 Å². The Hall–Kier alpha value is -2.36. The first kappa shape index (κ1) is 16.1. The summed E-state index contributed by atoms with van der Waals surface area (Å²) >= 11 is 0. The quantitative estimate of drug-likeness (QED) is 0.692. The first-order chi connectivity index (χ1) is 12.0. The topological polar surface area (TPSA) is 33.4 Å². The first-order valence-electron chi connectivity index (χ1n) is 9.19. The van der Waals surface area contributed by atoms with Gasteiger partial charge in [-0.2, -0.15) is 9.61 Å². The second kappa shape index (κ2) is 6.17. The molecule has 4 nitrogen and oxygen atoms in total. The standard InChI is InChI=1S/C21H26N4/c1-14-5-7-18(8-6-14)19-11-20-22-17(4)10-21(25(20)23-19)24-12-15(2)9-16(3)13-24/h5-8,10-11,15-16H,9,12-13H2,1-4H3/t15-,16+. The average molecular weight is 334 g/mol. The Bertz CT molecular complexity index is 884. The van der Waals surface area contributed by atoms with Crippen molar-refractivity contribution in [1.82, 2.24) is 14.6 Å². The van der Waals surface area contributed by atoms with Crippen molar-refractivity contribution in [3.63, 3.8) is 0 Å². The summed E-state index contributed by atoms with van der Waals surface area (Å²) in [5.74, 6) is 2.58. The minimum atomic E-state index is 0.708. The summed E-state index contributed by atoms with van der Waals surface area (Å²) in [4.78, 5) is 7.19. The predicted molar refractivity (Wildman–Crippen MR) is 103 cm³/mol. The fourth-order valence-corrected chi connectivity index (χ4v) is 4.02. The van der Waals surface area contributed by atoms with Crippen molar-refractivity contribution in [1.29, 1.82) is 0 Å². The molecule has 4 rings (SSSR count). The third-order valence-electron chi connectivity index (χ3n) is 5.08. The van der Waals surface area contributed by atoms with Crippen LogP contribution >= 0.6 is 0 Å². The number of piperidine rings is 1. The maximum absolute atomic E-state index is 4.89. The van der Waals surface area contributed by atoms with E-state index in [2.05, 4.69) is 69.0 Å². The van der Waals surface area contributed by atoms with Crippen molar-refractivity contribution in [2.24, 2.45) is 11.8 Å². The maximum Gasteiger partial charge on any atom is 0.158 e. The van der Waals surface area contributed by atoms with Crippen LogP contribution < -0.4 is 4.90 Å². The molecule has 25 heavy (non-hydrogen) atoms. The van der Waals surface area contributed by atoms with Gasteiger partial charge in [0.1, 0.15) is 5.82 Å². The molecule has 2 atom stereocenters. The summed E-state index contributed by atoms with van der Waals surface area (Å²) in [6.07, 6.45) is 1.30. The molecule has 4 heteroatoms. The molecule has 130 valence electrons. The molecule has 0 amide bonds. The van der Waals surface area contributed by atoms with E-state index in [1.807, 2.05) is 4.52 Å². The Kier molecular flexibility index (Phi) is 3.98. The Morgan fingerprint density at radius 1 is 0.960 bits per heavy atom. The highest BCUT2D eigenvalue weighted by Gasteiger charge is 2.24. The van der Waals surface area contributed by atoms with Gasteiger partial charge in [-0.15, -0.1) is 0 Å². The van der Waals surface area contributed by atoms with Crippen LogP contribution in [0.1, 0.15) is 31.5 Å². The van der Waals surface area contributed by atoms with Crippen molar-refractivity contribution >= 4 is 11.5 Å². The lowest BCUT2D eigenvalue weighted by Gasteiger charge is -2.36. The van der Waals surface area contributed by atoms with Crippen LogP contribution in [-0.2, 0) is 0 Å². The molecule has 1 fully saturated rings. The average Bonchev–Trinajstić information content (AvgIpc) is 2.97. The van der Waals surface area contributed by atoms with Crippen molar-refractivity contribution in [2.45, 2.75) is 34.1 Å². The normalized spacial score (nSPS) is 21.0. The lowest BCUT2D eigenvalue weighted by Crippen LogP contribution is -2.39. The number of aromatic nitrogens is 3. The number of nitrogens with zero attached hydrogens (tertiary/aromatic N) is 4. The number of rotatable bonds is 2. The van der Waals surface area contributed by atoms with Crippen LogP contribution in [-0.4, -0.2) is 27.7 Å². The van der Waals surface area contributed by atoms with Crippen LogP contribution in [0, 0.1) is 25.7 Å². The van der Waals surface area contributed by atoms with Gasteiger partial charge in [0.05, 0.1) is 5.69 Å². The largest absolute Gasteiger partial charge is 0.356 e. The summed E-state index contributed by atoms with van der Waals surface area (Å²) in [7, 11) is 0. The molecule has 0 aliphatic carbocycles. The number of fused-ring (bicyclic) bond motifs is 1. The highest BCUT2D eigenvalue weighted by Crippen LogP contribution is 2.28. The van der Waals surface area contributed by atoms with Crippen LogP contribution in [0.15, 0.2) is 36.4 Å². The molecule has 0 saturated carbocycles. The summed E-state index contributed by atoms with van der Waals surface area (Å²) in [6.45, 7) is 11.0. The van der Waals surface area contributed by atoms with Crippen molar-refractivity contribution < 1.29 is 0 Å². The summed E-state index contributed by atoms with van der Waals surface area (Å²) in [5, 5.41) is 4.89. The molecule has 1 aliphatic heterocycles. The van der Waals surface area contributed by atoms with E-state index < -0.39 is 0 Å². The van der Waals surface area contributed by atoms with E-state index in [4.69, 9.17) is 10.1 Å². The van der Waals surface area contributed by atoms with Crippen LogP contribution in [0.5, 0.6) is 0 Å². The van der Waals surface area contributed by atoms with E-state index in [9.17, 15) is 0 Å². The van der Waals surface area contributed by atoms with E-state index in [1.54, 1.807) is 0 Å². The Labute approximate surface area is 149 Å². The van der Waals surface area contributed by atoms with Crippen molar-refractivity contribution in [2.75, 3.05) is 18.0 Å². The van der Waals surface area contributed by atoms with Gasteiger partial charge in [-0.05, 0) is 32.1 Å². The van der Waals surface area contributed by atoms with Gasteiger partial charge in [0.15, 0.2) is 5.65 Å². The molecule has 3 heterocycles. The van der Waals surface area contributed by atoms with Crippen LogP contribution in [0.3, 0.4) is 0 Å². The molecule has 0 spiro atoms. The first-order valence-corrected chi connectivity index (χ1v) is 9.19. The Morgan fingerprint density at radius 3 is 2.32 bits per heavy atom. The number of anilines is 1. The van der Waals surface area contributed by atoms with Gasteiger partial charge in [0, 0.05) is 36.5 Å². The van der Waals surface area contributed by atoms with Crippen molar-refractivity contribution in [3.8, 4) is 11.3 Å². The zero-order chi connectivity index (χ0) is 17.6. The molecule has 3 aromatic rings. The number of benzene rings is 1. The van der Waals surface area contributed by atoms with Crippen LogP contribution in [0.25, 0.3) is 16.9 Å². The zero-order valence-corrected chi connectivity index (χ0v) is 15.5. The number of aryl methyl sites for hydroxylation is 2. The van der Waals surface area contributed by atoms with Crippen LogP contribution in [0.4, 0.5) is 5.82 Å². The molecule has 1 aromatic carbocycles. The molecule has 1 aliphatic rings. The van der Waals surface area contributed by atoms with E-state index >= 15 is 0 Å². The summed E-state index contributed by atoms with van der Waals surface area (Å²) < 4.78 is 2.02.